The minimum Gasteiger partial charge on any atom is -0.479 e. The highest BCUT2D eigenvalue weighted by molar-refractivity contribution is 5.97. The fraction of sp³-hybridized carbons (Fsp3) is 0.778. The van der Waals surface area contributed by atoms with Crippen LogP contribution in [-0.4, -0.2) is 36.4 Å². The molecule has 1 N–H and O–H groups in total. The first-order valence-electron chi connectivity index (χ1n) is 4.49. The third-order valence-electron chi connectivity index (χ3n) is 1.69. The van der Waals surface area contributed by atoms with Crippen LogP contribution in [0.2, 0.25) is 0 Å². The van der Waals surface area contributed by atoms with Crippen molar-refractivity contribution in [1.29, 1.82) is 0 Å². The lowest BCUT2D eigenvalue weighted by atomic mass is 10.2. The van der Waals surface area contributed by atoms with Crippen LogP contribution < -0.4 is 0 Å². The molecule has 0 aliphatic rings. The van der Waals surface area contributed by atoms with E-state index in [1.807, 2.05) is 6.92 Å². The van der Waals surface area contributed by atoms with Crippen molar-refractivity contribution in [2.45, 2.75) is 38.9 Å². The molecular weight excluding hydrogens is 188 g/mol. The smallest absolute Gasteiger partial charge is 0.347 e. The molecule has 82 valence electrons. The van der Waals surface area contributed by atoms with E-state index >= 15 is 0 Å². The number of hydrogen-bond acceptors (Lipinski definition) is 4. The van der Waals surface area contributed by atoms with Gasteiger partial charge in [-0.1, -0.05) is 13.3 Å². The second-order valence-corrected chi connectivity index (χ2v) is 2.99. The van der Waals surface area contributed by atoms with Gasteiger partial charge in [0.25, 0.3) is 6.10 Å². The van der Waals surface area contributed by atoms with Gasteiger partial charge in [-0.15, -0.1) is 0 Å². The van der Waals surface area contributed by atoms with Gasteiger partial charge in [0.1, 0.15) is 0 Å². The first kappa shape index (κ1) is 12.9. The fourth-order valence-corrected chi connectivity index (χ4v) is 1.02. The summed E-state index contributed by atoms with van der Waals surface area (Å²) in [4.78, 5) is 21.7. The molecule has 2 unspecified atom stereocenters. The molecule has 0 amide bonds. The summed E-state index contributed by atoms with van der Waals surface area (Å²) in [6.07, 6.45) is -0.208. The zero-order valence-electron chi connectivity index (χ0n) is 8.65. The number of carbonyl (C=O) groups excluding carboxylic acids is 1. The summed E-state index contributed by atoms with van der Waals surface area (Å²) in [5.41, 5.74) is 0. The molecule has 0 heterocycles. The van der Waals surface area contributed by atoms with Crippen LogP contribution in [0.15, 0.2) is 0 Å². The van der Waals surface area contributed by atoms with Crippen molar-refractivity contribution in [2.24, 2.45) is 0 Å². The Morgan fingerprint density at radius 2 is 2.00 bits per heavy atom. The molecular formula is C9H16O5. The van der Waals surface area contributed by atoms with Crippen LogP contribution in [-0.2, 0) is 19.1 Å². The minimum atomic E-state index is -1.52. The van der Waals surface area contributed by atoms with Gasteiger partial charge >= 0.3 is 11.9 Å². The van der Waals surface area contributed by atoms with Crippen molar-refractivity contribution < 1.29 is 24.2 Å². The van der Waals surface area contributed by atoms with Crippen LogP contribution in [0.4, 0.5) is 0 Å². The minimum absolute atomic E-state index is 0.274. The Kier molecular flexibility index (Phi) is 5.87. The van der Waals surface area contributed by atoms with E-state index in [0.29, 0.717) is 6.42 Å². The Morgan fingerprint density at radius 3 is 2.36 bits per heavy atom. The maximum Gasteiger partial charge on any atom is 0.347 e. The van der Waals surface area contributed by atoms with Crippen LogP contribution in [0.1, 0.15) is 26.7 Å². The Morgan fingerprint density at radius 1 is 1.43 bits per heavy atom. The van der Waals surface area contributed by atoms with Gasteiger partial charge in [-0.25, -0.2) is 9.59 Å². The number of methoxy groups -OCH3 is 1. The summed E-state index contributed by atoms with van der Waals surface area (Å²) in [6, 6.07) is 0. The van der Waals surface area contributed by atoms with Crippen molar-refractivity contribution in [3.63, 3.8) is 0 Å². The Bertz CT molecular complexity index is 201. The molecule has 0 spiro atoms. The van der Waals surface area contributed by atoms with Gasteiger partial charge in [0.05, 0.1) is 6.10 Å². The number of carboxylic acid groups (broad SMARTS) is 1. The highest BCUT2D eigenvalue weighted by Crippen LogP contribution is 2.04. The van der Waals surface area contributed by atoms with Gasteiger partial charge in [0.2, 0.25) is 0 Å². The molecule has 0 saturated carbocycles. The van der Waals surface area contributed by atoms with Crippen LogP contribution >= 0.6 is 0 Å². The van der Waals surface area contributed by atoms with E-state index in [1.54, 1.807) is 6.92 Å². The SMILES string of the molecule is CCCC(C)OC(=O)C(OC)C(=O)O. The fourth-order valence-electron chi connectivity index (χ4n) is 1.02. The van der Waals surface area contributed by atoms with E-state index in [0.717, 1.165) is 13.5 Å². The number of esters is 1. The number of rotatable bonds is 6. The molecule has 0 rings (SSSR count). The van der Waals surface area contributed by atoms with Crippen molar-refractivity contribution in [1.82, 2.24) is 0 Å². The number of carboxylic acids is 1. The standard InChI is InChI=1S/C9H16O5/c1-4-5-6(2)14-9(12)7(13-3)8(10)11/h6-7H,4-5H2,1-3H3,(H,10,11). The Balaban J connectivity index is 4.10. The monoisotopic (exact) mass is 204 g/mol. The number of aliphatic carboxylic acids is 1. The quantitative estimate of drug-likeness (QED) is 0.512. The summed E-state index contributed by atoms with van der Waals surface area (Å²) >= 11 is 0. The molecule has 0 aliphatic heterocycles. The molecule has 0 saturated heterocycles. The van der Waals surface area contributed by atoms with E-state index in [2.05, 4.69) is 4.74 Å². The zero-order valence-corrected chi connectivity index (χ0v) is 8.65. The normalized spacial score (nSPS) is 14.5. The van der Waals surface area contributed by atoms with Crippen molar-refractivity contribution >= 4 is 11.9 Å². The molecule has 0 aromatic rings. The predicted molar refractivity (Wildman–Crippen MR) is 48.9 cm³/mol. The molecule has 0 fully saturated rings. The van der Waals surface area contributed by atoms with Crippen molar-refractivity contribution in [3.05, 3.63) is 0 Å². The highest BCUT2D eigenvalue weighted by atomic mass is 16.6. The van der Waals surface area contributed by atoms with Crippen molar-refractivity contribution in [2.75, 3.05) is 7.11 Å². The van der Waals surface area contributed by atoms with Crippen LogP contribution in [0.25, 0.3) is 0 Å². The third-order valence-corrected chi connectivity index (χ3v) is 1.69. The molecule has 0 aromatic carbocycles. The lowest BCUT2D eigenvalue weighted by Crippen LogP contribution is -2.35. The average Bonchev–Trinajstić information content (AvgIpc) is 2.04. The largest absolute Gasteiger partial charge is 0.479 e. The lowest BCUT2D eigenvalue weighted by molar-refractivity contribution is -0.170. The van der Waals surface area contributed by atoms with Crippen LogP contribution in [0.5, 0.6) is 0 Å². The van der Waals surface area contributed by atoms with Crippen LogP contribution in [0, 0.1) is 0 Å². The zero-order chi connectivity index (χ0) is 11.1. The summed E-state index contributed by atoms with van der Waals surface area (Å²) in [5, 5.41) is 8.56. The predicted octanol–water partition coefficient (Wildman–Crippen LogP) is 0.818. The first-order valence-corrected chi connectivity index (χ1v) is 4.49. The van der Waals surface area contributed by atoms with Gasteiger partial charge in [-0.3, -0.25) is 0 Å². The molecule has 14 heavy (non-hydrogen) atoms. The van der Waals surface area contributed by atoms with E-state index < -0.39 is 18.0 Å². The van der Waals surface area contributed by atoms with E-state index in [1.165, 1.54) is 0 Å². The number of carbonyl (C=O) groups is 2. The highest BCUT2D eigenvalue weighted by Gasteiger charge is 2.28. The summed E-state index contributed by atoms with van der Waals surface area (Å²) < 4.78 is 9.34. The van der Waals surface area contributed by atoms with Gasteiger partial charge in [0.15, 0.2) is 0 Å². The second-order valence-electron chi connectivity index (χ2n) is 2.99. The van der Waals surface area contributed by atoms with Gasteiger partial charge in [-0.05, 0) is 13.3 Å². The Labute approximate surface area is 83.0 Å². The molecule has 2 atom stereocenters. The molecule has 0 bridgehead atoms. The van der Waals surface area contributed by atoms with E-state index in [4.69, 9.17) is 9.84 Å². The number of ether oxygens (including phenoxy) is 2. The lowest BCUT2D eigenvalue weighted by Gasteiger charge is -2.15. The van der Waals surface area contributed by atoms with Crippen molar-refractivity contribution in [3.8, 4) is 0 Å². The van der Waals surface area contributed by atoms with E-state index in [-0.39, 0.29) is 6.10 Å². The topological polar surface area (TPSA) is 72.8 Å². The number of hydrogen-bond donors (Lipinski definition) is 1. The third kappa shape index (κ3) is 4.23. The van der Waals surface area contributed by atoms with E-state index in [9.17, 15) is 9.59 Å². The summed E-state index contributed by atoms with van der Waals surface area (Å²) in [6.45, 7) is 3.67. The second kappa shape index (κ2) is 6.37. The van der Waals surface area contributed by atoms with Gasteiger partial charge in [-0.2, -0.15) is 0 Å². The van der Waals surface area contributed by atoms with Gasteiger partial charge in [0, 0.05) is 7.11 Å². The van der Waals surface area contributed by atoms with Gasteiger partial charge < -0.3 is 14.6 Å². The van der Waals surface area contributed by atoms with Crippen LogP contribution in [0.3, 0.4) is 0 Å². The molecule has 0 radical (unpaired) electrons. The first-order chi connectivity index (χ1) is 6.52. The maximum absolute atomic E-state index is 11.2. The maximum atomic E-state index is 11.2. The summed E-state index contributed by atoms with van der Waals surface area (Å²) in [5.74, 6) is -2.18. The molecule has 5 nitrogen and oxygen atoms in total. The molecule has 0 aliphatic carbocycles. The molecule has 0 aromatic heterocycles. The summed E-state index contributed by atoms with van der Waals surface area (Å²) in [7, 11) is 1.16. The average molecular weight is 204 g/mol. The Hall–Kier alpha value is -1.10. The molecule has 5 heteroatoms.